The van der Waals surface area contributed by atoms with Gasteiger partial charge in [0.25, 0.3) is 11.6 Å². The Balaban J connectivity index is 1.49. The Labute approximate surface area is 191 Å². The van der Waals surface area contributed by atoms with Gasteiger partial charge in [0.15, 0.2) is 5.82 Å². The molecule has 0 aliphatic carbocycles. The number of rotatable bonds is 6. The fourth-order valence-electron chi connectivity index (χ4n) is 3.95. The molecule has 3 aromatic rings. The number of piperidine rings is 1. The molecule has 1 N–H and O–H groups in total. The van der Waals surface area contributed by atoms with Crippen molar-refractivity contribution in [2.75, 3.05) is 23.3 Å². The summed E-state index contributed by atoms with van der Waals surface area (Å²) in [6, 6.07) is 11.0. The fourth-order valence-corrected chi connectivity index (χ4v) is 3.95. The van der Waals surface area contributed by atoms with Crippen LogP contribution in [0.5, 0.6) is 0 Å². The lowest BCUT2D eigenvalue weighted by molar-refractivity contribution is -0.384. The first-order chi connectivity index (χ1) is 15.8. The lowest BCUT2D eigenvalue weighted by atomic mass is 9.98. The summed E-state index contributed by atoms with van der Waals surface area (Å²) in [5, 5.41) is 14.4. The van der Waals surface area contributed by atoms with Gasteiger partial charge in [-0.1, -0.05) is 6.92 Å². The number of hydrogen-bond acceptors (Lipinski definition) is 6. The van der Waals surface area contributed by atoms with Gasteiger partial charge in [0, 0.05) is 55.4 Å². The molecule has 0 radical (unpaired) electrons. The molecule has 0 spiro atoms. The Hall–Kier alpha value is -4.01. The van der Waals surface area contributed by atoms with Crippen LogP contribution in [0.2, 0.25) is 0 Å². The van der Waals surface area contributed by atoms with Crippen molar-refractivity contribution in [2.24, 2.45) is 13.0 Å². The molecule has 0 bridgehead atoms. The summed E-state index contributed by atoms with van der Waals surface area (Å²) >= 11 is 0. The Kier molecular flexibility index (Phi) is 6.21. The van der Waals surface area contributed by atoms with Crippen molar-refractivity contribution in [3.05, 3.63) is 81.9 Å². The van der Waals surface area contributed by atoms with Gasteiger partial charge in [-0.25, -0.2) is 4.98 Å². The SMILES string of the molecule is CC1CCN(c2ccc(C(=O)Nc3ccc(C(=O)c4nccn4C)cc3)cc2[N+](=O)[O-])CC1. The van der Waals surface area contributed by atoms with E-state index < -0.39 is 10.8 Å². The lowest BCUT2D eigenvalue weighted by Crippen LogP contribution is -2.33. The first kappa shape index (κ1) is 22.2. The second-order valence-electron chi connectivity index (χ2n) is 8.35. The molecule has 1 amide bonds. The normalized spacial score (nSPS) is 14.2. The second kappa shape index (κ2) is 9.23. The van der Waals surface area contributed by atoms with Crippen molar-refractivity contribution >= 4 is 28.8 Å². The summed E-state index contributed by atoms with van der Waals surface area (Å²) in [4.78, 5) is 42.6. The van der Waals surface area contributed by atoms with Crippen LogP contribution in [0.25, 0.3) is 0 Å². The van der Waals surface area contributed by atoms with E-state index in [4.69, 9.17) is 0 Å². The first-order valence-corrected chi connectivity index (χ1v) is 10.8. The number of nitrogens with zero attached hydrogens (tertiary/aromatic N) is 4. The number of amides is 1. The number of benzene rings is 2. The molecule has 1 aromatic heterocycles. The zero-order chi connectivity index (χ0) is 23.5. The largest absolute Gasteiger partial charge is 0.366 e. The highest BCUT2D eigenvalue weighted by molar-refractivity contribution is 6.08. The number of nitrogens with one attached hydrogen (secondary N) is 1. The van der Waals surface area contributed by atoms with E-state index >= 15 is 0 Å². The minimum atomic E-state index is -0.458. The Morgan fingerprint density at radius 1 is 1.09 bits per heavy atom. The molecule has 170 valence electrons. The highest BCUT2D eigenvalue weighted by Crippen LogP contribution is 2.32. The molecule has 9 nitrogen and oxygen atoms in total. The van der Waals surface area contributed by atoms with Crippen molar-refractivity contribution in [1.82, 2.24) is 9.55 Å². The van der Waals surface area contributed by atoms with E-state index in [1.165, 1.54) is 6.07 Å². The summed E-state index contributed by atoms with van der Waals surface area (Å²) in [6.45, 7) is 3.70. The topological polar surface area (TPSA) is 110 Å². The van der Waals surface area contributed by atoms with Crippen LogP contribution in [0.3, 0.4) is 0 Å². The van der Waals surface area contributed by atoms with Crippen LogP contribution in [-0.4, -0.2) is 39.3 Å². The Bertz CT molecular complexity index is 1190. The monoisotopic (exact) mass is 447 g/mol. The molecule has 2 heterocycles. The zero-order valence-corrected chi connectivity index (χ0v) is 18.5. The van der Waals surface area contributed by atoms with E-state index in [0.717, 1.165) is 25.9 Å². The van der Waals surface area contributed by atoms with Crippen molar-refractivity contribution in [2.45, 2.75) is 19.8 Å². The molecule has 2 aromatic carbocycles. The van der Waals surface area contributed by atoms with Crippen molar-refractivity contribution in [1.29, 1.82) is 0 Å². The minimum Gasteiger partial charge on any atom is -0.366 e. The lowest BCUT2D eigenvalue weighted by Gasteiger charge is -2.31. The van der Waals surface area contributed by atoms with E-state index in [0.29, 0.717) is 28.7 Å². The average molecular weight is 447 g/mol. The number of aromatic nitrogens is 2. The highest BCUT2D eigenvalue weighted by atomic mass is 16.6. The maximum Gasteiger partial charge on any atom is 0.293 e. The average Bonchev–Trinajstić information content (AvgIpc) is 3.25. The quantitative estimate of drug-likeness (QED) is 0.347. The van der Waals surface area contributed by atoms with Gasteiger partial charge in [0.2, 0.25) is 5.78 Å². The highest BCUT2D eigenvalue weighted by Gasteiger charge is 2.25. The number of ketones is 1. The van der Waals surface area contributed by atoms with Crippen LogP contribution in [0.1, 0.15) is 46.3 Å². The van der Waals surface area contributed by atoms with E-state index in [2.05, 4.69) is 17.2 Å². The van der Waals surface area contributed by atoms with Gasteiger partial charge in [-0.05, 0) is 55.2 Å². The standard InChI is InChI=1S/C24H25N5O4/c1-16-9-12-28(13-10-16)20-8-5-18(15-21(20)29(32)33)24(31)26-19-6-3-17(4-7-19)22(30)23-25-11-14-27(23)2/h3-8,11,14-16H,9-10,12-13H2,1-2H3,(H,26,31). The van der Waals surface area contributed by atoms with Crippen LogP contribution in [0.15, 0.2) is 54.9 Å². The molecule has 0 atom stereocenters. The first-order valence-electron chi connectivity index (χ1n) is 10.8. The third-order valence-corrected chi connectivity index (χ3v) is 5.99. The fraction of sp³-hybridized carbons (Fsp3) is 0.292. The third kappa shape index (κ3) is 4.77. The van der Waals surface area contributed by atoms with E-state index in [-0.39, 0.29) is 17.0 Å². The van der Waals surface area contributed by atoms with Crippen molar-refractivity contribution in [3.8, 4) is 0 Å². The van der Waals surface area contributed by atoms with Crippen LogP contribution in [-0.2, 0) is 7.05 Å². The maximum absolute atomic E-state index is 12.7. The molecule has 0 unspecified atom stereocenters. The number of carbonyl (C=O) groups is 2. The van der Waals surface area contributed by atoms with Crippen LogP contribution < -0.4 is 10.2 Å². The van der Waals surface area contributed by atoms with E-state index in [9.17, 15) is 19.7 Å². The molecule has 1 saturated heterocycles. The molecule has 33 heavy (non-hydrogen) atoms. The summed E-state index contributed by atoms with van der Waals surface area (Å²) in [5.74, 6) is 0.247. The number of nitro groups is 1. The van der Waals surface area contributed by atoms with Gasteiger partial charge in [-0.15, -0.1) is 0 Å². The van der Waals surface area contributed by atoms with Crippen LogP contribution >= 0.6 is 0 Å². The molecular weight excluding hydrogens is 422 g/mol. The van der Waals surface area contributed by atoms with Gasteiger partial charge in [-0.2, -0.15) is 0 Å². The number of nitro benzene ring substituents is 1. The summed E-state index contributed by atoms with van der Waals surface area (Å²) in [6.07, 6.45) is 5.21. The van der Waals surface area contributed by atoms with E-state index in [1.54, 1.807) is 60.4 Å². The molecule has 1 aliphatic heterocycles. The smallest absolute Gasteiger partial charge is 0.293 e. The van der Waals surface area contributed by atoms with Gasteiger partial charge in [0.1, 0.15) is 5.69 Å². The number of carbonyl (C=O) groups excluding carboxylic acids is 2. The second-order valence-corrected chi connectivity index (χ2v) is 8.35. The van der Waals surface area contributed by atoms with Crippen molar-refractivity contribution < 1.29 is 14.5 Å². The predicted octanol–water partition coefficient (Wildman–Crippen LogP) is 4.05. The summed E-state index contributed by atoms with van der Waals surface area (Å²) in [7, 11) is 1.74. The van der Waals surface area contributed by atoms with Gasteiger partial charge < -0.3 is 14.8 Å². The van der Waals surface area contributed by atoms with E-state index in [1.807, 2.05) is 4.90 Å². The molecule has 9 heteroatoms. The van der Waals surface area contributed by atoms with Crippen molar-refractivity contribution in [3.63, 3.8) is 0 Å². The Morgan fingerprint density at radius 3 is 2.36 bits per heavy atom. The number of anilines is 2. The molecule has 4 rings (SSSR count). The number of aryl methyl sites for hydroxylation is 1. The predicted molar refractivity (Wildman–Crippen MR) is 125 cm³/mol. The Morgan fingerprint density at radius 2 is 1.76 bits per heavy atom. The summed E-state index contributed by atoms with van der Waals surface area (Å²) < 4.78 is 1.64. The molecular formula is C24H25N5O4. The number of hydrogen-bond donors (Lipinski definition) is 1. The maximum atomic E-state index is 12.7. The van der Waals surface area contributed by atoms with Crippen LogP contribution in [0.4, 0.5) is 17.1 Å². The molecule has 1 fully saturated rings. The molecule has 0 saturated carbocycles. The van der Waals surface area contributed by atoms with Gasteiger partial charge in [0.05, 0.1) is 4.92 Å². The zero-order valence-electron chi connectivity index (χ0n) is 18.5. The third-order valence-electron chi connectivity index (χ3n) is 5.99. The van der Waals surface area contributed by atoms with Crippen LogP contribution in [0, 0.1) is 16.0 Å². The number of imidazole rings is 1. The minimum absolute atomic E-state index is 0.0757. The summed E-state index contributed by atoms with van der Waals surface area (Å²) in [5.41, 5.74) is 1.59. The van der Waals surface area contributed by atoms with Gasteiger partial charge >= 0.3 is 0 Å². The molecule has 1 aliphatic rings. The van der Waals surface area contributed by atoms with Gasteiger partial charge in [-0.3, -0.25) is 19.7 Å².